The molecule has 136 valence electrons. The number of nitrogens with zero attached hydrogens (tertiary/aromatic N) is 1. The largest absolute Gasteiger partial charge is 0.493 e. The maximum Gasteiger partial charge on any atom is 0.191 e. The van der Waals surface area contributed by atoms with Crippen molar-refractivity contribution in [3.8, 4) is 11.5 Å². The van der Waals surface area contributed by atoms with E-state index in [-0.39, 0.29) is 12.0 Å². The Kier molecular flexibility index (Phi) is 3.88. The molecule has 0 unspecified atom stereocenters. The predicted molar refractivity (Wildman–Crippen MR) is 108 cm³/mol. The van der Waals surface area contributed by atoms with Crippen LogP contribution in [0.2, 0.25) is 0 Å². The van der Waals surface area contributed by atoms with Gasteiger partial charge in [-0.3, -0.25) is 4.90 Å². The number of methoxy groups -OCH3 is 1. The third kappa shape index (κ3) is 2.23. The van der Waals surface area contributed by atoms with Gasteiger partial charge in [0, 0.05) is 11.5 Å². The number of fused-ring (bicyclic) bond motifs is 4. The number of nitrogens with one attached hydrogen (secondary N) is 1. The summed E-state index contributed by atoms with van der Waals surface area (Å²) in [5.41, 5.74) is 3.95. The third-order valence-corrected chi connectivity index (χ3v) is 6.11. The first-order valence-electron chi connectivity index (χ1n) is 8.91. The van der Waals surface area contributed by atoms with Crippen LogP contribution in [0, 0.1) is 19.8 Å². The molecule has 0 aliphatic carbocycles. The van der Waals surface area contributed by atoms with Crippen molar-refractivity contribution >= 4 is 23.0 Å². The smallest absolute Gasteiger partial charge is 0.191 e. The fraction of sp³-hybridized carbons (Fsp3) is 0.381. The van der Waals surface area contributed by atoms with Crippen molar-refractivity contribution in [1.82, 2.24) is 5.32 Å². The van der Waals surface area contributed by atoms with Crippen molar-refractivity contribution in [3.05, 3.63) is 53.1 Å². The van der Waals surface area contributed by atoms with Gasteiger partial charge in [-0.05, 0) is 50.2 Å². The van der Waals surface area contributed by atoms with Crippen LogP contribution < -0.4 is 19.7 Å². The van der Waals surface area contributed by atoms with E-state index >= 15 is 0 Å². The molecule has 2 aromatic rings. The lowest BCUT2D eigenvalue weighted by Gasteiger charge is -2.56. The van der Waals surface area contributed by atoms with Crippen LogP contribution in [0.4, 0.5) is 5.69 Å². The van der Waals surface area contributed by atoms with Gasteiger partial charge in [0.25, 0.3) is 0 Å². The Morgan fingerprint density at radius 1 is 1.15 bits per heavy atom. The fourth-order valence-corrected chi connectivity index (χ4v) is 4.66. The zero-order valence-corrected chi connectivity index (χ0v) is 16.6. The topological polar surface area (TPSA) is 33.7 Å². The second kappa shape index (κ2) is 5.88. The van der Waals surface area contributed by atoms with Crippen LogP contribution >= 0.6 is 12.2 Å². The maximum atomic E-state index is 6.65. The molecule has 0 aromatic heterocycles. The monoisotopic (exact) mass is 368 g/mol. The Bertz CT molecular complexity index is 877. The SMILES string of the molecule is COc1cccc2c1O[C@@]1(C)[C@H](C)[C@@H]2NC(=S)N1c1c(C)cccc1C. The number of ether oxygens (including phenoxy) is 2. The summed E-state index contributed by atoms with van der Waals surface area (Å²) < 4.78 is 12.2. The van der Waals surface area contributed by atoms with E-state index in [9.17, 15) is 0 Å². The Labute approximate surface area is 160 Å². The van der Waals surface area contributed by atoms with Crippen LogP contribution in [0.1, 0.15) is 36.6 Å². The van der Waals surface area contributed by atoms with Crippen molar-refractivity contribution in [2.45, 2.75) is 39.5 Å². The summed E-state index contributed by atoms with van der Waals surface area (Å²) in [4.78, 5) is 2.14. The predicted octanol–water partition coefficient (Wildman–Crippen LogP) is 4.49. The number of rotatable bonds is 2. The lowest BCUT2D eigenvalue weighted by molar-refractivity contribution is -0.00561. The molecule has 2 aromatic carbocycles. The standard InChI is InChI=1S/C21H24N2O2S/c1-12-8-6-9-13(2)18(12)23-20(26)22-17-14(3)21(23,4)25-19-15(17)10-7-11-16(19)24-5/h6-11,14,17H,1-5H3,(H,22,26)/t14-,17+,21+/m1/s1. The van der Waals surface area contributed by atoms with E-state index in [0.29, 0.717) is 5.11 Å². The number of aryl methyl sites for hydroxylation is 2. The number of hydrogen-bond donors (Lipinski definition) is 1. The maximum absolute atomic E-state index is 6.65. The summed E-state index contributed by atoms with van der Waals surface area (Å²) in [6.45, 7) is 8.56. The van der Waals surface area contributed by atoms with Crippen LogP contribution in [-0.4, -0.2) is 17.9 Å². The molecule has 1 saturated heterocycles. The van der Waals surface area contributed by atoms with Crippen molar-refractivity contribution in [2.24, 2.45) is 5.92 Å². The van der Waals surface area contributed by atoms with E-state index < -0.39 is 5.72 Å². The summed E-state index contributed by atoms with van der Waals surface area (Å²) in [6, 6.07) is 12.4. The van der Waals surface area contributed by atoms with Crippen LogP contribution in [0.5, 0.6) is 11.5 Å². The summed E-state index contributed by atoms with van der Waals surface area (Å²) in [6.07, 6.45) is 0. The van der Waals surface area contributed by atoms with Crippen molar-refractivity contribution in [3.63, 3.8) is 0 Å². The quantitative estimate of drug-likeness (QED) is 0.790. The van der Waals surface area contributed by atoms with E-state index in [1.54, 1.807) is 7.11 Å². The first-order chi connectivity index (χ1) is 12.4. The second-order valence-corrected chi connectivity index (χ2v) is 7.71. The number of benzene rings is 2. The van der Waals surface area contributed by atoms with Gasteiger partial charge in [-0.15, -0.1) is 0 Å². The highest BCUT2D eigenvalue weighted by atomic mass is 32.1. The summed E-state index contributed by atoms with van der Waals surface area (Å²) in [5, 5.41) is 4.25. The molecule has 4 nitrogen and oxygen atoms in total. The van der Waals surface area contributed by atoms with E-state index in [4.69, 9.17) is 21.7 Å². The van der Waals surface area contributed by atoms with Crippen molar-refractivity contribution in [2.75, 3.05) is 12.0 Å². The van der Waals surface area contributed by atoms with Gasteiger partial charge in [-0.25, -0.2) is 0 Å². The molecule has 2 bridgehead atoms. The van der Waals surface area contributed by atoms with Gasteiger partial charge < -0.3 is 14.8 Å². The van der Waals surface area contributed by atoms with Gasteiger partial charge in [-0.1, -0.05) is 37.3 Å². The van der Waals surface area contributed by atoms with Crippen molar-refractivity contribution < 1.29 is 9.47 Å². The minimum absolute atomic E-state index is 0.0897. The third-order valence-electron chi connectivity index (χ3n) is 5.81. The first-order valence-corrected chi connectivity index (χ1v) is 9.32. The van der Waals surface area contributed by atoms with Crippen molar-refractivity contribution in [1.29, 1.82) is 0 Å². The minimum atomic E-state index is -0.606. The molecule has 2 heterocycles. The van der Waals surface area contributed by atoms with Gasteiger partial charge in [0.1, 0.15) is 0 Å². The molecule has 0 saturated carbocycles. The highest BCUT2D eigenvalue weighted by Gasteiger charge is 2.54. The molecule has 0 spiro atoms. The molecule has 0 radical (unpaired) electrons. The van der Waals surface area contributed by atoms with Gasteiger partial charge in [0.15, 0.2) is 22.3 Å². The highest BCUT2D eigenvalue weighted by Crippen LogP contribution is 2.52. The molecule has 4 rings (SSSR count). The molecule has 3 atom stereocenters. The summed E-state index contributed by atoms with van der Waals surface area (Å²) >= 11 is 5.80. The van der Waals surface area contributed by atoms with E-state index in [1.165, 1.54) is 11.1 Å². The molecule has 0 amide bonds. The molecule has 2 aliphatic heterocycles. The molecule has 1 N–H and O–H groups in total. The normalized spacial score (nSPS) is 26.7. The lowest BCUT2D eigenvalue weighted by Crippen LogP contribution is -2.69. The highest BCUT2D eigenvalue weighted by molar-refractivity contribution is 7.80. The van der Waals surface area contributed by atoms with Crippen LogP contribution in [0.3, 0.4) is 0 Å². The number of para-hydroxylation sites is 2. The minimum Gasteiger partial charge on any atom is -0.493 e. The molecule has 5 heteroatoms. The van der Waals surface area contributed by atoms with E-state index in [2.05, 4.69) is 62.2 Å². The molecular formula is C21H24N2O2S. The first kappa shape index (κ1) is 17.2. The number of hydrogen-bond acceptors (Lipinski definition) is 3. The zero-order chi connectivity index (χ0) is 18.6. The van der Waals surface area contributed by atoms with Crippen LogP contribution in [-0.2, 0) is 0 Å². The van der Waals surface area contributed by atoms with Gasteiger partial charge >= 0.3 is 0 Å². The Morgan fingerprint density at radius 2 is 1.81 bits per heavy atom. The number of thiocarbonyl (C=S) groups is 1. The average Bonchev–Trinajstić information content (AvgIpc) is 2.60. The average molecular weight is 369 g/mol. The van der Waals surface area contributed by atoms with Crippen LogP contribution in [0.15, 0.2) is 36.4 Å². The van der Waals surface area contributed by atoms with E-state index in [0.717, 1.165) is 22.7 Å². The lowest BCUT2D eigenvalue weighted by atomic mass is 9.80. The zero-order valence-electron chi connectivity index (χ0n) is 15.8. The molecular weight excluding hydrogens is 344 g/mol. The molecule has 2 aliphatic rings. The van der Waals surface area contributed by atoms with E-state index in [1.807, 2.05) is 12.1 Å². The summed E-state index contributed by atoms with van der Waals surface area (Å²) in [7, 11) is 1.68. The summed E-state index contributed by atoms with van der Waals surface area (Å²) in [5.74, 6) is 1.74. The van der Waals surface area contributed by atoms with Gasteiger partial charge in [0.2, 0.25) is 0 Å². The second-order valence-electron chi connectivity index (χ2n) is 7.33. The fourth-order valence-electron chi connectivity index (χ4n) is 4.26. The molecule has 26 heavy (non-hydrogen) atoms. The molecule has 1 fully saturated rings. The Balaban J connectivity index is 1.92. The Hall–Kier alpha value is -2.27. The number of anilines is 1. The Morgan fingerprint density at radius 3 is 2.46 bits per heavy atom. The van der Waals surface area contributed by atoms with Gasteiger partial charge in [-0.2, -0.15) is 0 Å². The van der Waals surface area contributed by atoms with Crippen LogP contribution in [0.25, 0.3) is 0 Å². The van der Waals surface area contributed by atoms with Gasteiger partial charge in [0.05, 0.1) is 18.8 Å².